The van der Waals surface area contributed by atoms with Crippen molar-refractivity contribution in [1.29, 1.82) is 0 Å². The van der Waals surface area contributed by atoms with Crippen LogP contribution in [0.25, 0.3) is 0 Å². The minimum atomic E-state index is -0.407. The predicted octanol–water partition coefficient (Wildman–Crippen LogP) is -1.06. The number of halogens is 3. The molecule has 0 amide bonds. The van der Waals surface area contributed by atoms with E-state index in [1.165, 1.54) is 22.3 Å². The summed E-state index contributed by atoms with van der Waals surface area (Å²) in [6, 6.07) is 12.2. The average molecular weight is 384 g/mol. The van der Waals surface area contributed by atoms with Gasteiger partial charge < -0.3 is 24.8 Å². The van der Waals surface area contributed by atoms with E-state index in [9.17, 15) is 0 Å². The number of rotatable bonds is 0. The Morgan fingerprint density at radius 3 is 1.65 bits per heavy atom. The van der Waals surface area contributed by atoms with Gasteiger partial charge in [-0.1, -0.05) is 27.7 Å². The Hall–Kier alpha value is 0.501. The summed E-state index contributed by atoms with van der Waals surface area (Å²) in [7, 11) is 0. The van der Waals surface area contributed by atoms with Gasteiger partial charge in [0.05, 0.1) is 0 Å². The van der Waals surface area contributed by atoms with Gasteiger partial charge in [0.2, 0.25) is 0 Å². The smallest absolute Gasteiger partial charge is 0.0630 e. The van der Waals surface area contributed by atoms with Crippen molar-refractivity contribution in [2.75, 3.05) is 0 Å². The number of aryl methyl sites for hydroxylation is 2. The van der Waals surface area contributed by atoms with Gasteiger partial charge in [0, 0.05) is 0 Å². The molecule has 0 saturated heterocycles. The summed E-state index contributed by atoms with van der Waals surface area (Å²) in [5.41, 5.74) is 5.34. The topological polar surface area (TPSA) is 0 Å². The van der Waals surface area contributed by atoms with E-state index in [-0.39, 0.29) is 24.8 Å². The first kappa shape index (κ1) is 25.5. The van der Waals surface area contributed by atoms with Crippen molar-refractivity contribution in [1.82, 2.24) is 0 Å². The fraction of sp³-hybridized carbons (Fsp3) is 0.333. The fourth-order valence-electron chi connectivity index (χ4n) is 1.45. The fourth-order valence-corrected chi connectivity index (χ4v) is 1.45. The van der Waals surface area contributed by atoms with Crippen LogP contribution in [0.2, 0.25) is 6.55 Å². The molecule has 2 aromatic carbocycles. The van der Waals surface area contributed by atoms with Crippen LogP contribution in [-0.2, 0) is 19.2 Å². The zero-order chi connectivity index (χ0) is 14.1. The molecule has 20 heavy (non-hydrogen) atoms. The van der Waals surface area contributed by atoms with Crippen molar-refractivity contribution in [3.05, 3.63) is 58.7 Å². The number of hydrogen-bond acceptors (Lipinski definition) is 0. The van der Waals surface area contributed by atoms with Gasteiger partial charge >= 0.3 is 42.3 Å². The second kappa shape index (κ2) is 14.4. The maximum atomic E-state index is 5.38. The zero-order valence-corrected chi connectivity index (χ0v) is 17.4. The summed E-state index contributed by atoms with van der Waals surface area (Å²) in [5, 5.41) is 0. The van der Waals surface area contributed by atoms with Crippen molar-refractivity contribution < 1.29 is 44.0 Å². The SMILES string of the molecule is C[Si](Cl)=[Ti+2].Cc1c[c-](C)c(C)c1C.[Cl-].[Cl-].c1cc[cH-]c1. The summed E-state index contributed by atoms with van der Waals surface area (Å²) in [6.45, 7) is 10.7. The molecular formula is C15H21Cl3SiTi-2. The first-order chi connectivity index (χ1) is 8.36. The van der Waals surface area contributed by atoms with E-state index >= 15 is 0 Å². The third-order valence-corrected chi connectivity index (χ3v) is 2.73. The van der Waals surface area contributed by atoms with Gasteiger partial charge in [-0.2, -0.15) is 46.5 Å². The molecule has 0 saturated carbocycles. The van der Waals surface area contributed by atoms with Crippen LogP contribution in [-0.4, -0.2) is 5.50 Å². The molecule has 0 aromatic heterocycles. The Labute approximate surface area is 152 Å². The molecule has 0 N–H and O–H groups in total. The van der Waals surface area contributed by atoms with Crippen LogP contribution in [0.1, 0.15) is 22.3 Å². The van der Waals surface area contributed by atoms with E-state index in [1.807, 2.05) is 56.1 Å². The van der Waals surface area contributed by atoms with E-state index in [0.29, 0.717) is 0 Å². The molecule has 0 aliphatic carbocycles. The standard InChI is InChI=1S/C9H13.C5H5.CH3ClSi.2ClH.Ti/c1-6-5-7(2)9(4)8(6)3;1-2-4-5-3-1;1-3-2;;;/h5H,1-4H3;1-5H;1H3;2*1H;/q2*-1;;;;+2/p-2. The quantitative estimate of drug-likeness (QED) is 0.309. The molecule has 2 aromatic rings. The molecule has 0 unspecified atom stereocenters. The van der Waals surface area contributed by atoms with Crippen LogP contribution >= 0.6 is 11.1 Å². The van der Waals surface area contributed by atoms with E-state index in [0.717, 1.165) is 0 Å². The maximum absolute atomic E-state index is 5.38. The van der Waals surface area contributed by atoms with E-state index < -0.39 is 5.50 Å². The van der Waals surface area contributed by atoms with Crippen molar-refractivity contribution in [3.63, 3.8) is 0 Å². The summed E-state index contributed by atoms with van der Waals surface area (Å²) < 4.78 is 0. The Kier molecular flexibility index (Phi) is 18.4. The van der Waals surface area contributed by atoms with Gasteiger partial charge in [0.15, 0.2) is 0 Å². The Morgan fingerprint density at radius 2 is 1.55 bits per heavy atom. The normalized spacial score (nSPS) is 8.00. The minimum Gasteiger partial charge on any atom is -1.00 e. The zero-order valence-electron chi connectivity index (χ0n) is 12.6. The number of hydrogen-bond donors (Lipinski definition) is 0. The molecule has 112 valence electrons. The van der Waals surface area contributed by atoms with Crippen LogP contribution in [0, 0.1) is 27.7 Å². The van der Waals surface area contributed by atoms with E-state index in [1.54, 1.807) is 0 Å². The van der Waals surface area contributed by atoms with Crippen molar-refractivity contribution in [3.8, 4) is 0 Å². The van der Waals surface area contributed by atoms with Crippen LogP contribution in [0.5, 0.6) is 0 Å². The van der Waals surface area contributed by atoms with Crippen LogP contribution in [0.4, 0.5) is 0 Å². The monoisotopic (exact) mass is 382 g/mol. The largest absolute Gasteiger partial charge is 1.00 e. The molecule has 0 aliphatic rings. The first-order valence-electron chi connectivity index (χ1n) is 5.93. The second-order valence-corrected chi connectivity index (χ2v) is 12.0. The average Bonchev–Trinajstić information content (AvgIpc) is 2.89. The molecule has 0 atom stereocenters. The molecule has 0 radical (unpaired) electrons. The van der Waals surface area contributed by atoms with Gasteiger partial charge in [-0.15, -0.1) is 0 Å². The predicted molar refractivity (Wildman–Crippen MR) is 80.5 cm³/mol. The Bertz CT molecular complexity index is 418. The maximum Gasteiger partial charge on any atom is -0.0630 e. The van der Waals surface area contributed by atoms with Gasteiger partial charge in [-0.25, -0.2) is 12.1 Å². The van der Waals surface area contributed by atoms with Gasteiger partial charge in [-0.3, -0.25) is 0 Å². The van der Waals surface area contributed by atoms with Crippen molar-refractivity contribution >= 4 is 16.6 Å². The third-order valence-electron chi connectivity index (χ3n) is 2.73. The molecule has 2 rings (SSSR count). The molecule has 0 fully saturated rings. The molecule has 0 spiro atoms. The first-order valence-corrected chi connectivity index (χ1v) is 11.3. The molecular weight excluding hydrogens is 362 g/mol. The molecule has 5 heteroatoms. The van der Waals surface area contributed by atoms with E-state index in [4.69, 9.17) is 11.1 Å². The summed E-state index contributed by atoms with van der Waals surface area (Å²) >= 11 is 7.41. The van der Waals surface area contributed by atoms with Gasteiger partial charge in [0.25, 0.3) is 0 Å². The Morgan fingerprint density at radius 1 is 1.15 bits per heavy atom. The molecule has 0 nitrogen and oxygen atoms in total. The Balaban J connectivity index is -0.000000228. The summed E-state index contributed by atoms with van der Waals surface area (Å²) in [5.74, 6) is 0. The third kappa shape index (κ3) is 12.3. The second-order valence-electron chi connectivity index (χ2n) is 4.26. The molecule has 0 bridgehead atoms. The van der Waals surface area contributed by atoms with Crippen LogP contribution in [0.15, 0.2) is 36.4 Å². The summed E-state index contributed by atoms with van der Waals surface area (Å²) in [6.07, 6.45) is 0. The molecule has 0 aliphatic heterocycles. The minimum absolute atomic E-state index is 0. The van der Waals surface area contributed by atoms with Gasteiger partial charge in [-0.05, 0) is 0 Å². The van der Waals surface area contributed by atoms with Crippen LogP contribution < -0.4 is 24.8 Å². The van der Waals surface area contributed by atoms with E-state index in [2.05, 4.69) is 33.8 Å². The van der Waals surface area contributed by atoms with Crippen molar-refractivity contribution in [2.24, 2.45) is 0 Å². The summed E-state index contributed by atoms with van der Waals surface area (Å²) in [4.78, 5) is 0. The van der Waals surface area contributed by atoms with Gasteiger partial charge in [0.1, 0.15) is 0 Å². The van der Waals surface area contributed by atoms with Crippen molar-refractivity contribution in [2.45, 2.75) is 34.2 Å². The molecule has 0 heterocycles. The van der Waals surface area contributed by atoms with Crippen LogP contribution in [0.3, 0.4) is 0 Å².